The average molecular weight is 441 g/mol. The van der Waals surface area contributed by atoms with Crippen LogP contribution in [0.4, 0.5) is 4.39 Å². The van der Waals surface area contributed by atoms with Gasteiger partial charge in [-0.1, -0.05) is 67.6 Å². The van der Waals surface area contributed by atoms with E-state index in [1.165, 1.54) is 0 Å². The molecule has 1 aliphatic heterocycles. The van der Waals surface area contributed by atoms with Crippen molar-refractivity contribution in [3.05, 3.63) is 102 Å². The van der Waals surface area contributed by atoms with Crippen molar-refractivity contribution in [3.63, 3.8) is 0 Å². The van der Waals surface area contributed by atoms with Gasteiger partial charge in [0.2, 0.25) is 0 Å². The minimum absolute atomic E-state index is 0.0469. The average Bonchev–Trinajstić information content (AvgIpc) is 3.41. The molecular formula is C28H29FN4. The Labute approximate surface area is 194 Å². The van der Waals surface area contributed by atoms with Crippen molar-refractivity contribution >= 4 is 0 Å². The number of halogens is 1. The summed E-state index contributed by atoms with van der Waals surface area (Å²) in [5, 5.41) is 7.15. The smallest absolute Gasteiger partial charge is 0.131 e. The second kappa shape index (κ2) is 9.69. The van der Waals surface area contributed by atoms with Crippen LogP contribution in [-0.4, -0.2) is 52.7 Å². The fraction of sp³-hybridized carbons (Fsp3) is 0.250. The van der Waals surface area contributed by atoms with E-state index in [1.54, 1.807) is 6.07 Å². The van der Waals surface area contributed by atoms with Gasteiger partial charge in [-0.3, -0.25) is 10.00 Å². The van der Waals surface area contributed by atoms with E-state index in [9.17, 15) is 4.39 Å². The van der Waals surface area contributed by atoms with Crippen LogP contribution in [0.15, 0.2) is 85.2 Å². The van der Waals surface area contributed by atoms with E-state index in [0.29, 0.717) is 5.56 Å². The van der Waals surface area contributed by atoms with Crippen LogP contribution in [0, 0.1) is 5.82 Å². The molecule has 2 heterocycles. The van der Waals surface area contributed by atoms with E-state index in [0.717, 1.165) is 60.5 Å². The predicted molar refractivity (Wildman–Crippen MR) is 131 cm³/mol. The molecule has 4 nitrogen and oxygen atoms in total. The number of likely N-dealkylation sites (N-methyl/N-ethyl adjacent to an activating group) is 1. The zero-order valence-electron chi connectivity index (χ0n) is 18.9. The van der Waals surface area contributed by atoms with Gasteiger partial charge < -0.3 is 4.90 Å². The van der Waals surface area contributed by atoms with Crippen molar-refractivity contribution in [2.45, 2.75) is 13.0 Å². The van der Waals surface area contributed by atoms with Crippen LogP contribution in [-0.2, 0) is 0 Å². The molecule has 1 N–H and O–H groups in total. The molecule has 1 fully saturated rings. The first-order valence-electron chi connectivity index (χ1n) is 11.6. The molecule has 4 aromatic rings. The number of hydrogen-bond donors (Lipinski definition) is 1. The highest BCUT2D eigenvalue weighted by molar-refractivity contribution is 5.71. The largest absolute Gasteiger partial charge is 0.301 e. The molecule has 0 spiro atoms. The van der Waals surface area contributed by atoms with Crippen molar-refractivity contribution in [2.75, 3.05) is 32.7 Å². The lowest BCUT2D eigenvalue weighted by atomic mass is 9.94. The zero-order chi connectivity index (χ0) is 22.6. The summed E-state index contributed by atoms with van der Waals surface area (Å²) in [6.45, 7) is 7.31. The van der Waals surface area contributed by atoms with Gasteiger partial charge in [-0.25, -0.2) is 4.39 Å². The SMILES string of the molecule is CCN1CCN(C(c2cn[nH]c2)c2ccc(F)c(-c3ccc(-c4ccccc4)cc3)c2)CC1. The summed E-state index contributed by atoms with van der Waals surface area (Å²) < 4.78 is 15.0. The van der Waals surface area contributed by atoms with Crippen LogP contribution in [0.25, 0.3) is 22.3 Å². The molecular weight excluding hydrogens is 411 g/mol. The Hall–Kier alpha value is -3.28. The third kappa shape index (κ3) is 4.61. The molecule has 1 aromatic heterocycles. The Morgan fingerprint density at radius 2 is 1.55 bits per heavy atom. The van der Waals surface area contributed by atoms with E-state index >= 15 is 0 Å². The maximum atomic E-state index is 15.0. The molecule has 0 bridgehead atoms. The number of nitrogens with one attached hydrogen (secondary N) is 1. The van der Waals surface area contributed by atoms with Gasteiger partial charge in [0.25, 0.3) is 0 Å². The molecule has 5 heteroatoms. The van der Waals surface area contributed by atoms with Gasteiger partial charge in [0.05, 0.1) is 12.2 Å². The Balaban J connectivity index is 1.47. The minimum Gasteiger partial charge on any atom is -0.301 e. The van der Waals surface area contributed by atoms with E-state index in [4.69, 9.17) is 0 Å². The maximum absolute atomic E-state index is 15.0. The number of nitrogens with zero attached hydrogens (tertiary/aromatic N) is 3. The van der Waals surface area contributed by atoms with Crippen LogP contribution < -0.4 is 0 Å². The first kappa shape index (κ1) is 21.6. The van der Waals surface area contributed by atoms with E-state index in [2.05, 4.69) is 51.2 Å². The van der Waals surface area contributed by atoms with Crippen LogP contribution in [0.2, 0.25) is 0 Å². The van der Waals surface area contributed by atoms with Crippen LogP contribution >= 0.6 is 0 Å². The molecule has 0 amide bonds. The minimum atomic E-state index is -0.201. The lowest BCUT2D eigenvalue weighted by Gasteiger charge is -2.39. The predicted octanol–water partition coefficient (Wildman–Crippen LogP) is 5.61. The van der Waals surface area contributed by atoms with Crippen molar-refractivity contribution in [1.29, 1.82) is 0 Å². The first-order valence-corrected chi connectivity index (χ1v) is 11.6. The Morgan fingerprint density at radius 3 is 2.21 bits per heavy atom. The standard InChI is InChI=1S/C28H29FN4/c1-2-32-14-16-33(17-15-32)28(25-19-30-31-20-25)24-12-13-27(29)26(18-24)23-10-8-22(9-11-23)21-6-4-3-5-7-21/h3-13,18-20,28H,2,14-17H2,1H3,(H,30,31). The topological polar surface area (TPSA) is 35.2 Å². The van der Waals surface area contributed by atoms with Gasteiger partial charge in [0, 0.05) is 43.5 Å². The van der Waals surface area contributed by atoms with Crippen molar-refractivity contribution in [2.24, 2.45) is 0 Å². The highest BCUT2D eigenvalue weighted by Crippen LogP contribution is 2.34. The van der Waals surface area contributed by atoms with Gasteiger partial charge in [0.15, 0.2) is 0 Å². The molecule has 0 aliphatic carbocycles. The van der Waals surface area contributed by atoms with E-state index < -0.39 is 0 Å². The molecule has 33 heavy (non-hydrogen) atoms. The normalized spacial score (nSPS) is 16.1. The Kier molecular flexibility index (Phi) is 6.33. The third-order valence-electron chi connectivity index (χ3n) is 6.66. The molecule has 5 rings (SSSR count). The van der Waals surface area contributed by atoms with Crippen molar-refractivity contribution < 1.29 is 4.39 Å². The summed E-state index contributed by atoms with van der Waals surface area (Å²) >= 11 is 0. The summed E-state index contributed by atoms with van der Waals surface area (Å²) in [4.78, 5) is 4.94. The van der Waals surface area contributed by atoms with Gasteiger partial charge in [0.1, 0.15) is 5.82 Å². The van der Waals surface area contributed by atoms with Gasteiger partial charge in [-0.15, -0.1) is 0 Å². The molecule has 0 saturated carbocycles. The highest BCUT2D eigenvalue weighted by atomic mass is 19.1. The number of aromatic nitrogens is 2. The van der Waals surface area contributed by atoms with Crippen LogP contribution in [0.5, 0.6) is 0 Å². The second-order valence-corrected chi connectivity index (χ2v) is 8.59. The zero-order valence-corrected chi connectivity index (χ0v) is 18.9. The van der Waals surface area contributed by atoms with Crippen molar-refractivity contribution in [1.82, 2.24) is 20.0 Å². The van der Waals surface area contributed by atoms with Crippen LogP contribution in [0.1, 0.15) is 24.1 Å². The summed E-state index contributed by atoms with van der Waals surface area (Å²) in [5.41, 5.74) is 6.00. The molecule has 168 valence electrons. The molecule has 0 radical (unpaired) electrons. The first-order chi connectivity index (χ1) is 16.2. The van der Waals surface area contributed by atoms with Crippen LogP contribution in [0.3, 0.4) is 0 Å². The van der Waals surface area contributed by atoms with E-state index in [1.807, 2.05) is 54.9 Å². The summed E-state index contributed by atoms with van der Waals surface area (Å²) in [6, 6.07) is 24.0. The van der Waals surface area contributed by atoms with Gasteiger partial charge in [-0.05, 0) is 40.9 Å². The fourth-order valence-corrected chi connectivity index (χ4v) is 4.77. The number of benzene rings is 3. The second-order valence-electron chi connectivity index (χ2n) is 8.59. The number of H-pyrrole nitrogens is 1. The molecule has 1 aliphatic rings. The molecule has 3 aromatic carbocycles. The lowest BCUT2D eigenvalue weighted by molar-refractivity contribution is 0.113. The number of aromatic amines is 1. The fourth-order valence-electron chi connectivity index (χ4n) is 4.77. The maximum Gasteiger partial charge on any atom is 0.131 e. The lowest BCUT2D eigenvalue weighted by Crippen LogP contribution is -2.47. The monoisotopic (exact) mass is 440 g/mol. The Morgan fingerprint density at radius 1 is 0.848 bits per heavy atom. The molecule has 1 atom stereocenters. The number of piperazine rings is 1. The summed E-state index contributed by atoms with van der Waals surface area (Å²) in [6.07, 6.45) is 3.84. The molecule has 1 saturated heterocycles. The Bertz CT molecular complexity index is 1160. The van der Waals surface area contributed by atoms with Gasteiger partial charge in [-0.2, -0.15) is 5.10 Å². The van der Waals surface area contributed by atoms with Crippen molar-refractivity contribution in [3.8, 4) is 22.3 Å². The number of rotatable bonds is 6. The third-order valence-corrected chi connectivity index (χ3v) is 6.66. The molecule has 1 unspecified atom stereocenters. The summed E-state index contributed by atoms with van der Waals surface area (Å²) in [7, 11) is 0. The van der Waals surface area contributed by atoms with Gasteiger partial charge >= 0.3 is 0 Å². The quantitative estimate of drug-likeness (QED) is 0.423. The highest BCUT2D eigenvalue weighted by Gasteiger charge is 2.27. The number of hydrogen-bond acceptors (Lipinski definition) is 3. The summed E-state index contributed by atoms with van der Waals surface area (Å²) in [5.74, 6) is -0.201. The van der Waals surface area contributed by atoms with E-state index in [-0.39, 0.29) is 11.9 Å².